The number of halogens is 1. The van der Waals surface area contributed by atoms with Crippen LogP contribution in [-0.4, -0.2) is 25.9 Å². The number of nitrogens with one attached hydrogen (secondary N) is 1. The molecular weight excluding hydrogens is 294 g/mol. The summed E-state index contributed by atoms with van der Waals surface area (Å²) in [5, 5.41) is 12.8. The molecule has 1 N–H and O–H groups in total. The highest BCUT2D eigenvalue weighted by atomic mass is 35.5. The molecule has 0 spiro atoms. The Morgan fingerprint density at radius 3 is 2.70 bits per heavy atom. The Hall–Kier alpha value is -0.980. The topological polar surface area (TPSA) is 55.6 Å². The Morgan fingerprint density at radius 2 is 2.15 bits per heavy atom. The van der Waals surface area contributed by atoms with Gasteiger partial charge in [0.2, 0.25) is 0 Å². The van der Waals surface area contributed by atoms with Gasteiger partial charge in [-0.25, -0.2) is 0 Å². The van der Waals surface area contributed by atoms with Crippen molar-refractivity contribution in [2.75, 3.05) is 6.54 Å². The first-order valence-electron chi connectivity index (χ1n) is 6.80. The normalized spacial score (nSPS) is 12.8. The minimum Gasteiger partial charge on any atom is -0.309 e. The van der Waals surface area contributed by atoms with Gasteiger partial charge in [0.05, 0.1) is 16.3 Å². The summed E-state index contributed by atoms with van der Waals surface area (Å²) in [6.07, 6.45) is 1.71. The van der Waals surface area contributed by atoms with E-state index in [0.717, 1.165) is 36.3 Å². The second-order valence-corrected chi connectivity index (χ2v) is 5.87. The maximum Gasteiger partial charge on any atom is 0.130 e. The number of rotatable bonds is 6. The van der Waals surface area contributed by atoms with Gasteiger partial charge in [-0.05, 0) is 37.8 Å². The number of nitrogens with zero attached hydrogens (tertiary/aromatic N) is 4. The molecule has 7 heteroatoms. The molecule has 20 heavy (non-hydrogen) atoms. The second kappa shape index (κ2) is 6.65. The molecule has 0 bridgehead atoms. The van der Waals surface area contributed by atoms with E-state index in [1.54, 1.807) is 4.68 Å². The van der Waals surface area contributed by atoms with Crippen molar-refractivity contribution in [2.45, 2.75) is 39.7 Å². The van der Waals surface area contributed by atoms with Gasteiger partial charge >= 0.3 is 0 Å². The summed E-state index contributed by atoms with van der Waals surface area (Å²) in [6, 6.07) is 0.190. The Kier molecular flexibility index (Phi) is 5.12. The summed E-state index contributed by atoms with van der Waals surface area (Å²) < 4.78 is 5.81. The van der Waals surface area contributed by atoms with Crippen LogP contribution in [0.5, 0.6) is 0 Å². The van der Waals surface area contributed by atoms with Crippen LogP contribution in [0.4, 0.5) is 0 Å². The molecule has 110 valence electrons. The average molecular weight is 314 g/mol. The molecule has 0 aliphatic carbocycles. The van der Waals surface area contributed by atoms with Gasteiger partial charge < -0.3 is 5.32 Å². The van der Waals surface area contributed by atoms with Crippen LogP contribution in [-0.2, 0) is 19.9 Å². The molecular formula is C13H20ClN5S. The Labute approximate surface area is 128 Å². The van der Waals surface area contributed by atoms with Crippen LogP contribution in [0.1, 0.15) is 41.7 Å². The van der Waals surface area contributed by atoms with Crippen molar-refractivity contribution >= 4 is 23.1 Å². The fourth-order valence-corrected chi connectivity index (χ4v) is 3.40. The summed E-state index contributed by atoms with van der Waals surface area (Å²) in [5.41, 5.74) is 3.14. The summed E-state index contributed by atoms with van der Waals surface area (Å²) in [6.45, 7) is 7.09. The van der Waals surface area contributed by atoms with E-state index in [0.29, 0.717) is 5.15 Å². The van der Waals surface area contributed by atoms with E-state index >= 15 is 0 Å². The molecule has 0 fully saturated rings. The standard InChI is InChI=1S/C13H20ClN5S/c1-5-10-12(20-18-16-10)11(15-6-2)7-9-8(3)17-19(4)13(9)14/h11,15H,5-7H2,1-4H3. The minimum atomic E-state index is 0.190. The third kappa shape index (κ3) is 3.02. The van der Waals surface area contributed by atoms with Crippen molar-refractivity contribution in [2.24, 2.45) is 7.05 Å². The first-order chi connectivity index (χ1) is 9.58. The number of hydrogen-bond acceptors (Lipinski definition) is 5. The molecule has 2 rings (SSSR count). The van der Waals surface area contributed by atoms with Crippen molar-refractivity contribution in [3.8, 4) is 0 Å². The monoisotopic (exact) mass is 313 g/mol. The molecule has 0 saturated carbocycles. The fourth-order valence-electron chi connectivity index (χ4n) is 2.34. The van der Waals surface area contributed by atoms with Crippen LogP contribution < -0.4 is 5.32 Å². The number of aromatic nitrogens is 4. The first kappa shape index (κ1) is 15.4. The quantitative estimate of drug-likeness (QED) is 0.891. The highest BCUT2D eigenvalue weighted by molar-refractivity contribution is 7.05. The van der Waals surface area contributed by atoms with Crippen molar-refractivity contribution in [3.63, 3.8) is 0 Å². The summed E-state index contributed by atoms with van der Waals surface area (Å²) in [7, 11) is 1.87. The summed E-state index contributed by atoms with van der Waals surface area (Å²) >= 11 is 7.80. The Morgan fingerprint density at radius 1 is 1.40 bits per heavy atom. The molecule has 2 aromatic rings. The highest BCUT2D eigenvalue weighted by Crippen LogP contribution is 2.28. The van der Waals surface area contributed by atoms with Crippen LogP contribution in [0.15, 0.2) is 0 Å². The lowest BCUT2D eigenvalue weighted by Gasteiger charge is -2.17. The number of aryl methyl sites for hydroxylation is 3. The maximum absolute atomic E-state index is 6.34. The van der Waals surface area contributed by atoms with Gasteiger partial charge in [0, 0.05) is 18.7 Å². The molecule has 1 atom stereocenters. The molecule has 2 heterocycles. The van der Waals surface area contributed by atoms with Crippen molar-refractivity contribution < 1.29 is 0 Å². The van der Waals surface area contributed by atoms with Gasteiger partial charge in [-0.15, -0.1) is 5.10 Å². The van der Waals surface area contributed by atoms with Gasteiger partial charge in [-0.1, -0.05) is 29.9 Å². The third-order valence-electron chi connectivity index (χ3n) is 3.37. The van der Waals surface area contributed by atoms with E-state index in [2.05, 4.69) is 33.8 Å². The van der Waals surface area contributed by atoms with E-state index in [1.807, 2.05) is 14.0 Å². The van der Waals surface area contributed by atoms with Crippen LogP contribution in [0.3, 0.4) is 0 Å². The predicted molar refractivity (Wildman–Crippen MR) is 82.4 cm³/mol. The van der Waals surface area contributed by atoms with Crippen LogP contribution >= 0.6 is 23.1 Å². The SMILES string of the molecule is CCNC(Cc1c(C)nn(C)c1Cl)c1snnc1CC. The zero-order chi connectivity index (χ0) is 14.7. The lowest BCUT2D eigenvalue weighted by molar-refractivity contribution is 0.552. The molecule has 0 aliphatic heterocycles. The lowest BCUT2D eigenvalue weighted by Crippen LogP contribution is -2.23. The first-order valence-corrected chi connectivity index (χ1v) is 7.96. The minimum absolute atomic E-state index is 0.190. The maximum atomic E-state index is 6.34. The molecule has 0 saturated heterocycles. The molecule has 1 unspecified atom stereocenters. The van der Waals surface area contributed by atoms with E-state index in [-0.39, 0.29) is 6.04 Å². The summed E-state index contributed by atoms with van der Waals surface area (Å²) in [4.78, 5) is 1.20. The van der Waals surface area contributed by atoms with Gasteiger partial charge in [-0.3, -0.25) is 4.68 Å². The van der Waals surface area contributed by atoms with Crippen molar-refractivity contribution in [3.05, 3.63) is 27.0 Å². The third-order valence-corrected chi connectivity index (χ3v) is 4.72. The van der Waals surface area contributed by atoms with Crippen LogP contribution in [0.25, 0.3) is 0 Å². The lowest BCUT2D eigenvalue weighted by atomic mass is 10.0. The van der Waals surface area contributed by atoms with Crippen molar-refractivity contribution in [1.29, 1.82) is 0 Å². The molecule has 5 nitrogen and oxygen atoms in total. The number of likely N-dealkylation sites (N-methyl/N-ethyl adjacent to an activating group) is 1. The number of hydrogen-bond donors (Lipinski definition) is 1. The van der Waals surface area contributed by atoms with E-state index in [9.17, 15) is 0 Å². The predicted octanol–water partition coefficient (Wildman–Crippen LogP) is 2.69. The largest absolute Gasteiger partial charge is 0.309 e. The van der Waals surface area contributed by atoms with Crippen LogP contribution in [0, 0.1) is 6.92 Å². The van der Waals surface area contributed by atoms with Crippen LogP contribution in [0.2, 0.25) is 5.15 Å². The molecule has 0 radical (unpaired) electrons. The Bertz CT molecular complexity index is 577. The van der Waals surface area contributed by atoms with Gasteiger partial charge in [0.1, 0.15) is 5.15 Å². The molecule has 0 aromatic carbocycles. The highest BCUT2D eigenvalue weighted by Gasteiger charge is 2.22. The Balaban J connectivity index is 2.30. The smallest absolute Gasteiger partial charge is 0.130 e. The molecule has 2 aromatic heterocycles. The van der Waals surface area contributed by atoms with Gasteiger partial charge in [0.25, 0.3) is 0 Å². The fraction of sp³-hybridized carbons (Fsp3) is 0.615. The zero-order valence-corrected chi connectivity index (χ0v) is 13.8. The molecule has 0 amide bonds. The zero-order valence-electron chi connectivity index (χ0n) is 12.3. The van der Waals surface area contributed by atoms with E-state index in [1.165, 1.54) is 16.4 Å². The average Bonchev–Trinajstić information content (AvgIpc) is 2.98. The van der Waals surface area contributed by atoms with Gasteiger partial charge in [-0.2, -0.15) is 5.10 Å². The van der Waals surface area contributed by atoms with Gasteiger partial charge in [0.15, 0.2) is 0 Å². The van der Waals surface area contributed by atoms with E-state index < -0.39 is 0 Å². The second-order valence-electron chi connectivity index (χ2n) is 4.73. The van der Waals surface area contributed by atoms with E-state index in [4.69, 9.17) is 11.6 Å². The molecule has 0 aliphatic rings. The van der Waals surface area contributed by atoms with Crippen molar-refractivity contribution in [1.82, 2.24) is 24.7 Å². The summed E-state index contributed by atoms with van der Waals surface area (Å²) in [5.74, 6) is 0.